The van der Waals surface area contributed by atoms with E-state index in [0.29, 0.717) is 5.95 Å². The lowest BCUT2D eigenvalue weighted by atomic mass is 10.5. The molecule has 2 aromatic rings. The van der Waals surface area contributed by atoms with Gasteiger partial charge in [0.15, 0.2) is 0 Å². The van der Waals surface area contributed by atoms with E-state index in [-0.39, 0.29) is 0 Å². The number of nitrogens with two attached hydrogens (primary N) is 1. The molecule has 2 N–H and O–H groups in total. The van der Waals surface area contributed by atoms with E-state index in [0.717, 1.165) is 14.0 Å². The molecule has 0 radical (unpaired) electrons. The van der Waals surface area contributed by atoms with Gasteiger partial charge in [-0.25, -0.2) is 9.97 Å². The molecular formula is C6H4BrN3S. The third-order valence-electron chi connectivity index (χ3n) is 1.26. The van der Waals surface area contributed by atoms with Crippen LogP contribution in [0.25, 0.3) is 10.2 Å². The maximum absolute atomic E-state index is 5.40. The highest BCUT2D eigenvalue weighted by molar-refractivity contribution is 9.11. The van der Waals surface area contributed by atoms with Gasteiger partial charge in [0.05, 0.1) is 20.2 Å². The summed E-state index contributed by atoms with van der Waals surface area (Å²) in [7, 11) is 0. The number of nitrogen functional groups attached to an aromatic ring is 1. The van der Waals surface area contributed by atoms with Crippen LogP contribution in [0.3, 0.4) is 0 Å². The van der Waals surface area contributed by atoms with Crippen molar-refractivity contribution in [1.29, 1.82) is 0 Å². The summed E-state index contributed by atoms with van der Waals surface area (Å²) in [5, 5.41) is 0. The zero-order valence-corrected chi connectivity index (χ0v) is 7.82. The molecule has 0 aliphatic carbocycles. The fraction of sp³-hybridized carbons (Fsp3) is 0. The number of hydrogen-bond acceptors (Lipinski definition) is 4. The molecule has 56 valence electrons. The molecule has 0 bridgehead atoms. The van der Waals surface area contributed by atoms with Gasteiger partial charge in [0.2, 0.25) is 5.95 Å². The topological polar surface area (TPSA) is 51.8 Å². The number of halogens is 1. The first-order chi connectivity index (χ1) is 5.25. The molecule has 0 amide bonds. The molecule has 0 saturated carbocycles. The van der Waals surface area contributed by atoms with Crippen LogP contribution in [0.15, 0.2) is 16.0 Å². The van der Waals surface area contributed by atoms with Gasteiger partial charge in [-0.1, -0.05) is 0 Å². The van der Waals surface area contributed by atoms with Crippen molar-refractivity contribution in [3.8, 4) is 0 Å². The van der Waals surface area contributed by atoms with Crippen LogP contribution >= 0.6 is 27.3 Å². The third-order valence-corrected chi connectivity index (χ3v) is 2.82. The maximum atomic E-state index is 5.40. The summed E-state index contributed by atoms with van der Waals surface area (Å²) in [4.78, 5) is 7.92. The van der Waals surface area contributed by atoms with E-state index < -0.39 is 0 Å². The predicted octanol–water partition coefficient (Wildman–Crippen LogP) is 2.04. The molecule has 0 aliphatic rings. The van der Waals surface area contributed by atoms with E-state index in [1.54, 1.807) is 17.5 Å². The SMILES string of the molecule is Nc1ncc2sc(Br)cc2n1. The summed E-state index contributed by atoms with van der Waals surface area (Å²) in [6.45, 7) is 0. The number of fused-ring (bicyclic) bond motifs is 1. The number of aromatic nitrogens is 2. The van der Waals surface area contributed by atoms with Crippen LogP contribution in [-0.4, -0.2) is 9.97 Å². The number of nitrogens with zero attached hydrogens (tertiary/aromatic N) is 2. The molecule has 0 spiro atoms. The first-order valence-electron chi connectivity index (χ1n) is 2.93. The van der Waals surface area contributed by atoms with Crippen molar-refractivity contribution in [2.75, 3.05) is 5.73 Å². The van der Waals surface area contributed by atoms with Crippen molar-refractivity contribution in [1.82, 2.24) is 9.97 Å². The van der Waals surface area contributed by atoms with Crippen LogP contribution in [0.5, 0.6) is 0 Å². The van der Waals surface area contributed by atoms with Gasteiger partial charge in [-0.3, -0.25) is 0 Å². The van der Waals surface area contributed by atoms with Crippen molar-refractivity contribution < 1.29 is 0 Å². The third kappa shape index (κ3) is 1.21. The number of hydrogen-bond donors (Lipinski definition) is 1. The Bertz CT molecular complexity index is 398. The molecule has 0 aliphatic heterocycles. The lowest BCUT2D eigenvalue weighted by Gasteiger charge is -1.88. The monoisotopic (exact) mass is 229 g/mol. The highest BCUT2D eigenvalue weighted by Crippen LogP contribution is 2.27. The van der Waals surface area contributed by atoms with Gasteiger partial charge in [-0.2, -0.15) is 0 Å². The van der Waals surface area contributed by atoms with Gasteiger partial charge in [-0.15, -0.1) is 11.3 Å². The van der Waals surface area contributed by atoms with Crippen LogP contribution in [-0.2, 0) is 0 Å². The molecule has 0 saturated heterocycles. The van der Waals surface area contributed by atoms with Crippen LogP contribution in [0.4, 0.5) is 5.95 Å². The fourth-order valence-electron chi connectivity index (χ4n) is 0.822. The lowest BCUT2D eigenvalue weighted by molar-refractivity contribution is 1.25. The molecule has 5 heteroatoms. The predicted molar refractivity (Wildman–Crippen MR) is 49.5 cm³/mol. The van der Waals surface area contributed by atoms with Crippen LogP contribution < -0.4 is 5.73 Å². The second-order valence-corrected chi connectivity index (χ2v) is 4.49. The molecule has 0 aromatic carbocycles. The van der Waals surface area contributed by atoms with E-state index in [1.807, 2.05) is 6.07 Å². The van der Waals surface area contributed by atoms with Gasteiger partial charge in [0.25, 0.3) is 0 Å². The van der Waals surface area contributed by atoms with Crippen LogP contribution in [0.2, 0.25) is 0 Å². The summed E-state index contributed by atoms with van der Waals surface area (Å²) < 4.78 is 2.10. The number of anilines is 1. The Morgan fingerprint density at radius 3 is 3.18 bits per heavy atom. The summed E-state index contributed by atoms with van der Waals surface area (Å²) in [5.74, 6) is 0.322. The largest absolute Gasteiger partial charge is 0.368 e. The van der Waals surface area contributed by atoms with Gasteiger partial charge in [0.1, 0.15) is 0 Å². The van der Waals surface area contributed by atoms with Crippen LogP contribution in [0, 0.1) is 0 Å². The summed E-state index contributed by atoms with van der Waals surface area (Å²) in [5.41, 5.74) is 6.30. The molecule has 3 nitrogen and oxygen atoms in total. The van der Waals surface area contributed by atoms with E-state index in [9.17, 15) is 0 Å². The molecule has 0 atom stereocenters. The second-order valence-electron chi connectivity index (χ2n) is 2.03. The smallest absolute Gasteiger partial charge is 0.220 e. The zero-order chi connectivity index (χ0) is 7.84. The Hall–Kier alpha value is -0.680. The Kier molecular flexibility index (Phi) is 1.54. The summed E-state index contributed by atoms with van der Waals surface area (Å²) >= 11 is 4.96. The van der Waals surface area contributed by atoms with Crippen molar-refractivity contribution in [2.45, 2.75) is 0 Å². The van der Waals surface area contributed by atoms with E-state index in [1.165, 1.54) is 0 Å². The minimum Gasteiger partial charge on any atom is -0.368 e. The van der Waals surface area contributed by atoms with Gasteiger partial charge in [-0.05, 0) is 22.0 Å². The first kappa shape index (κ1) is 7.00. The molecule has 0 fully saturated rings. The summed E-state index contributed by atoms with van der Waals surface area (Å²) in [6, 6.07) is 1.93. The highest BCUT2D eigenvalue weighted by atomic mass is 79.9. The summed E-state index contributed by atoms with van der Waals surface area (Å²) in [6.07, 6.45) is 1.73. The molecular weight excluding hydrogens is 226 g/mol. The molecule has 2 aromatic heterocycles. The molecule has 0 unspecified atom stereocenters. The molecule has 2 heterocycles. The highest BCUT2D eigenvalue weighted by Gasteiger charge is 2.00. The number of rotatable bonds is 0. The van der Waals surface area contributed by atoms with E-state index >= 15 is 0 Å². The average Bonchev–Trinajstić information content (AvgIpc) is 2.27. The van der Waals surface area contributed by atoms with E-state index in [4.69, 9.17) is 5.73 Å². The van der Waals surface area contributed by atoms with Crippen molar-refractivity contribution in [2.24, 2.45) is 0 Å². The number of thiophene rings is 1. The Labute approximate surface area is 75.4 Å². The zero-order valence-electron chi connectivity index (χ0n) is 5.41. The fourth-order valence-corrected chi connectivity index (χ4v) is 2.26. The Balaban J connectivity index is 2.82. The standard InChI is InChI=1S/C6H4BrN3S/c7-5-1-3-4(11-5)2-9-6(8)10-3/h1-2H,(H2,8,9,10). The van der Waals surface area contributed by atoms with Gasteiger partial charge >= 0.3 is 0 Å². The van der Waals surface area contributed by atoms with Crippen molar-refractivity contribution >= 4 is 43.4 Å². The normalized spacial score (nSPS) is 10.6. The van der Waals surface area contributed by atoms with Crippen molar-refractivity contribution in [3.05, 3.63) is 16.0 Å². The maximum Gasteiger partial charge on any atom is 0.220 e. The van der Waals surface area contributed by atoms with E-state index in [2.05, 4.69) is 25.9 Å². The first-order valence-corrected chi connectivity index (χ1v) is 4.54. The minimum absolute atomic E-state index is 0.322. The molecule has 2 rings (SSSR count). The van der Waals surface area contributed by atoms with Gasteiger partial charge < -0.3 is 5.73 Å². The lowest BCUT2D eigenvalue weighted by Crippen LogP contribution is -1.91. The quantitative estimate of drug-likeness (QED) is 0.753. The minimum atomic E-state index is 0.322. The average molecular weight is 230 g/mol. The Morgan fingerprint density at radius 2 is 2.36 bits per heavy atom. The van der Waals surface area contributed by atoms with Crippen molar-refractivity contribution in [3.63, 3.8) is 0 Å². The van der Waals surface area contributed by atoms with Gasteiger partial charge in [0, 0.05) is 0 Å². The second kappa shape index (κ2) is 2.42. The molecule has 11 heavy (non-hydrogen) atoms. The Morgan fingerprint density at radius 1 is 1.55 bits per heavy atom. The van der Waals surface area contributed by atoms with Crippen LogP contribution in [0.1, 0.15) is 0 Å².